The lowest BCUT2D eigenvalue weighted by atomic mass is 10.4. The number of guanidine groups is 1. The second-order valence-corrected chi connectivity index (χ2v) is 6.53. The largest absolute Gasteiger partial charge is 0.382 e. The molecule has 0 aliphatic heterocycles. The van der Waals surface area contributed by atoms with Crippen molar-refractivity contribution in [2.45, 2.75) is 26.3 Å². The predicted octanol–water partition coefficient (Wildman–Crippen LogP) is 0.965. The Hall–Kier alpha value is -1.32. The van der Waals surface area contributed by atoms with Gasteiger partial charge in [-0.2, -0.15) is 11.8 Å². The van der Waals surface area contributed by atoms with Crippen molar-refractivity contribution in [3.05, 3.63) is 11.6 Å². The fourth-order valence-electron chi connectivity index (χ4n) is 1.96. The van der Waals surface area contributed by atoms with Gasteiger partial charge in [-0.15, -0.1) is 10.2 Å². The van der Waals surface area contributed by atoms with Gasteiger partial charge in [0.05, 0.1) is 13.2 Å². The van der Waals surface area contributed by atoms with Gasteiger partial charge in [-0.3, -0.25) is 0 Å². The average Bonchev–Trinajstić information content (AvgIpc) is 2.93. The summed E-state index contributed by atoms with van der Waals surface area (Å²) in [4.78, 5) is 4.62. The van der Waals surface area contributed by atoms with E-state index in [9.17, 15) is 0 Å². The van der Waals surface area contributed by atoms with Gasteiger partial charge in [-0.25, -0.2) is 4.99 Å². The first-order valence-electron chi connectivity index (χ1n) is 8.61. The molecule has 2 N–H and O–H groups in total. The van der Waals surface area contributed by atoms with E-state index in [1.54, 1.807) is 7.11 Å². The maximum Gasteiger partial charge on any atom is 0.191 e. The molecule has 0 atom stereocenters. The van der Waals surface area contributed by atoms with Crippen LogP contribution >= 0.6 is 11.8 Å². The number of aryl methyl sites for hydroxylation is 1. The Labute approximate surface area is 155 Å². The van der Waals surface area contributed by atoms with Crippen LogP contribution in [0.5, 0.6) is 0 Å². The molecule has 9 heteroatoms. The molecule has 0 fully saturated rings. The first-order chi connectivity index (χ1) is 12.2. The van der Waals surface area contributed by atoms with Crippen molar-refractivity contribution in [2.24, 2.45) is 12.0 Å². The molecule has 0 radical (unpaired) electrons. The number of aromatic nitrogens is 3. The minimum absolute atomic E-state index is 0.500. The fraction of sp³-hybridized carbons (Fsp3) is 0.812. The molecule has 0 saturated carbocycles. The molecule has 1 aromatic rings. The summed E-state index contributed by atoms with van der Waals surface area (Å²) in [6, 6.07) is 0. The molecule has 1 rings (SSSR count). The maximum absolute atomic E-state index is 5.47. The second kappa shape index (κ2) is 13.9. The van der Waals surface area contributed by atoms with Gasteiger partial charge in [-0.1, -0.05) is 0 Å². The molecule has 0 aromatic carbocycles. The summed E-state index contributed by atoms with van der Waals surface area (Å²) in [6.45, 7) is 6.11. The van der Waals surface area contributed by atoms with Crippen molar-refractivity contribution < 1.29 is 9.47 Å². The molecule has 0 saturated heterocycles. The van der Waals surface area contributed by atoms with E-state index in [0.717, 1.165) is 49.3 Å². The molecule has 144 valence electrons. The SMILES string of the molecule is COCCOCCCNC(=NCc1nnc(C)n1C)NCCCSC. The molecule has 0 amide bonds. The standard InChI is InChI=1S/C16H32N6O2S/c1-14-20-21-15(22(14)2)13-19-16(18-8-6-12-25-4)17-7-5-9-24-11-10-23-3/h5-13H2,1-4H3,(H2,17,18,19). The van der Waals surface area contributed by atoms with Crippen LogP contribution in [0.2, 0.25) is 0 Å². The van der Waals surface area contributed by atoms with Gasteiger partial charge in [0, 0.05) is 33.9 Å². The summed E-state index contributed by atoms with van der Waals surface area (Å²) in [5.41, 5.74) is 0. The van der Waals surface area contributed by atoms with Gasteiger partial charge < -0.3 is 24.7 Å². The summed E-state index contributed by atoms with van der Waals surface area (Å²) in [5, 5.41) is 14.9. The summed E-state index contributed by atoms with van der Waals surface area (Å²) in [5.74, 6) is 3.68. The summed E-state index contributed by atoms with van der Waals surface area (Å²) in [7, 11) is 3.63. The highest BCUT2D eigenvalue weighted by Gasteiger charge is 2.05. The molecule has 0 unspecified atom stereocenters. The Bertz CT molecular complexity index is 495. The van der Waals surface area contributed by atoms with E-state index in [-0.39, 0.29) is 0 Å². The van der Waals surface area contributed by atoms with E-state index in [1.165, 1.54) is 0 Å². The van der Waals surface area contributed by atoms with Crippen LogP contribution < -0.4 is 10.6 Å². The third-order valence-corrected chi connectivity index (χ3v) is 4.27. The van der Waals surface area contributed by atoms with Crippen molar-refractivity contribution in [3.8, 4) is 0 Å². The second-order valence-electron chi connectivity index (χ2n) is 5.55. The molecular weight excluding hydrogens is 340 g/mol. The number of aliphatic imine (C=N–C) groups is 1. The van der Waals surface area contributed by atoms with Crippen molar-refractivity contribution >= 4 is 17.7 Å². The molecular formula is C16H32N6O2S. The smallest absolute Gasteiger partial charge is 0.191 e. The Morgan fingerprint density at radius 2 is 1.92 bits per heavy atom. The number of methoxy groups -OCH3 is 1. The van der Waals surface area contributed by atoms with Crippen molar-refractivity contribution in [1.29, 1.82) is 0 Å². The summed E-state index contributed by atoms with van der Waals surface area (Å²) < 4.78 is 12.4. The third kappa shape index (κ3) is 9.66. The van der Waals surface area contributed by atoms with Gasteiger partial charge in [0.1, 0.15) is 12.4 Å². The van der Waals surface area contributed by atoms with E-state index in [2.05, 4.69) is 32.1 Å². The van der Waals surface area contributed by atoms with E-state index in [1.807, 2.05) is 30.3 Å². The van der Waals surface area contributed by atoms with E-state index >= 15 is 0 Å². The molecule has 1 heterocycles. The van der Waals surface area contributed by atoms with E-state index < -0.39 is 0 Å². The summed E-state index contributed by atoms with van der Waals surface area (Å²) >= 11 is 1.85. The van der Waals surface area contributed by atoms with Gasteiger partial charge in [0.15, 0.2) is 11.8 Å². The van der Waals surface area contributed by atoms with Gasteiger partial charge >= 0.3 is 0 Å². The molecule has 25 heavy (non-hydrogen) atoms. The van der Waals surface area contributed by atoms with Crippen LogP contribution in [0.25, 0.3) is 0 Å². The van der Waals surface area contributed by atoms with Gasteiger partial charge in [0.2, 0.25) is 0 Å². The first-order valence-corrected chi connectivity index (χ1v) is 10.0. The Morgan fingerprint density at radius 3 is 2.56 bits per heavy atom. The van der Waals surface area contributed by atoms with Crippen LogP contribution in [0.1, 0.15) is 24.5 Å². The van der Waals surface area contributed by atoms with Gasteiger partial charge in [0.25, 0.3) is 0 Å². The number of nitrogens with one attached hydrogen (secondary N) is 2. The van der Waals surface area contributed by atoms with Crippen LogP contribution in [0.3, 0.4) is 0 Å². The van der Waals surface area contributed by atoms with Crippen LogP contribution in [-0.2, 0) is 23.1 Å². The third-order valence-electron chi connectivity index (χ3n) is 3.57. The molecule has 8 nitrogen and oxygen atoms in total. The van der Waals surface area contributed by atoms with Crippen LogP contribution in [0.4, 0.5) is 0 Å². The van der Waals surface area contributed by atoms with E-state index in [0.29, 0.717) is 26.4 Å². The lowest BCUT2D eigenvalue weighted by Gasteiger charge is -2.12. The molecule has 0 bridgehead atoms. The number of nitrogens with zero attached hydrogens (tertiary/aromatic N) is 4. The van der Waals surface area contributed by atoms with Crippen molar-refractivity contribution in [2.75, 3.05) is 52.0 Å². The number of hydrogen-bond donors (Lipinski definition) is 2. The minimum Gasteiger partial charge on any atom is -0.382 e. The van der Waals surface area contributed by atoms with Gasteiger partial charge in [-0.05, 0) is 31.8 Å². The lowest BCUT2D eigenvalue weighted by molar-refractivity contribution is 0.0698. The maximum atomic E-state index is 5.47. The first kappa shape index (κ1) is 21.7. The highest BCUT2D eigenvalue weighted by atomic mass is 32.2. The van der Waals surface area contributed by atoms with Crippen LogP contribution in [-0.4, -0.2) is 72.8 Å². The van der Waals surface area contributed by atoms with Crippen LogP contribution in [0, 0.1) is 6.92 Å². The highest BCUT2D eigenvalue weighted by molar-refractivity contribution is 7.98. The Kier molecular flexibility index (Phi) is 12.1. The van der Waals surface area contributed by atoms with Crippen molar-refractivity contribution in [1.82, 2.24) is 25.4 Å². The molecule has 0 aliphatic carbocycles. The van der Waals surface area contributed by atoms with E-state index in [4.69, 9.17) is 9.47 Å². The fourth-order valence-corrected chi connectivity index (χ4v) is 2.39. The summed E-state index contributed by atoms with van der Waals surface area (Å²) in [6.07, 6.45) is 4.14. The van der Waals surface area contributed by atoms with Crippen molar-refractivity contribution in [3.63, 3.8) is 0 Å². The molecule has 0 aliphatic rings. The Morgan fingerprint density at radius 1 is 1.16 bits per heavy atom. The highest BCUT2D eigenvalue weighted by Crippen LogP contribution is 1.99. The monoisotopic (exact) mass is 372 g/mol. The molecule has 1 aromatic heterocycles. The number of rotatable bonds is 13. The molecule has 0 spiro atoms. The zero-order chi connectivity index (χ0) is 18.3. The number of thioether (sulfide) groups is 1. The zero-order valence-electron chi connectivity index (χ0n) is 15.9. The average molecular weight is 373 g/mol. The van der Waals surface area contributed by atoms with Crippen LogP contribution in [0.15, 0.2) is 4.99 Å². The topological polar surface area (TPSA) is 85.6 Å². The lowest BCUT2D eigenvalue weighted by Crippen LogP contribution is -2.39. The Balaban J connectivity index is 2.39. The zero-order valence-corrected chi connectivity index (χ0v) is 16.7. The predicted molar refractivity (Wildman–Crippen MR) is 103 cm³/mol. The quantitative estimate of drug-likeness (QED) is 0.303. The minimum atomic E-state index is 0.500. The number of ether oxygens (including phenoxy) is 2. The number of hydrogen-bond acceptors (Lipinski definition) is 6. The normalized spacial score (nSPS) is 11.8.